The first-order valence-corrected chi connectivity index (χ1v) is 10.1. The van der Waals surface area contributed by atoms with Crippen LogP contribution in [0.4, 0.5) is 13.2 Å². The highest BCUT2D eigenvalue weighted by Gasteiger charge is 2.39. The Balaban J connectivity index is 1.88. The van der Waals surface area contributed by atoms with E-state index in [0.717, 1.165) is 42.7 Å². The first-order valence-electron chi connectivity index (χ1n) is 8.26. The van der Waals surface area contributed by atoms with E-state index < -0.39 is 27.7 Å². The Morgan fingerprint density at radius 2 is 1.67 bits per heavy atom. The molecule has 0 aromatic heterocycles. The average Bonchev–Trinajstić information content (AvgIpc) is 3.03. The van der Waals surface area contributed by atoms with Crippen molar-refractivity contribution >= 4 is 21.6 Å². The van der Waals surface area contributed by atoms with Crippen molar-refractivity contribution in [2.75, 3.05) is 0 Å². The molecule has 0 spiro atoms. The van der Waals surface area contributed by atoms with Crippen LogP contribution in [0, 0.1) is 0 Å². The number of halogens is 4. The molecular weight excluding hydrogens is 403 g/mol. The lowest BCUT2D eigenvalue weighted by Crippen LogP contribution is -2.43. The molecule has 0 saturated heterocycles. The van der Waals surface area contributed by atoms with Crippen molar-refractivity contribution in [3.63, 3.8) is 0 Å². The minimum atomic E-state index is -4.83. The van der Waals surface area contributed by atoms with E-state index in [9.17, 15) is 21.6 Å². The molecular formula is C18H17ClF3NO3S. The number of sulfonamides is 1. The Labute approximate surface area is 160 Å². The second-order valence-corrected chi connectivity index (χ2v) is 8.54. The third kappa shape index (κ3) is 4.75. The SMILES string of the molecule is O=S(=O)(NC1(c2cccc(Cl)c2)CCCC1)c1ccc(OC(F)(F)F)cc1. The molecule has 0 aliphatic heterocycles. The van der Waals surface area contributed by atoms with Gasteiger partial charge in [0.1, 0.15) is 5.75 Å². The summed E-state index contributed by atoms with van der Waals surface area (Å²) in [6.07, 6.45) is -1.90. The summed E-state index contributed by atoms with van der Waals surface area (Å²) in [7, 11) is -3.95. The van der Waals surface area contributed by atoms with E-state index >= 15 is 0 Å². The summed E-state index contributed by atoms with van der Waals surface area (Å²) < 4.78 is 69.0. The molecule has 9 heteroatoms. The maximum absolute atomic E-state index is 12.8. The number of alkyl halides is 3. The van der Waals surface area contributed by atoms with Gasteiger partial charge in [-0.05, 0) is 54.8 Å². The lowest BCUT2D eigenvalue weighted by atomic mass is 9.89. The lowest BCUT2D eigenvalue weighted by molar-refractivity contribution is -0.274. The zero-order valence-corrected chi connectivity index (χ0v) is 15.7. The Morgan fingerprint density at radius 1 is 1.04 bits per heavy atom. The molecule has 4 nitrogen and oxygen atoms in total. The van der Waals surface area contributed by atoms with E-state index in [2.05, 4.69) is 9.46 Å². The molecule has 0 unspecified atom stereocenters. The van der Waals surface area contributed by atoms with Gasteiger partial charge in [0.2, 0.25) is 10.0 Å². The third-order valence-corrected chi connectivity index (χ3v) is 6.32. The highest BCUT2D eigenvalue weighted by Crippen LogP contribution is 2.40. The highest BCUT2D eigenvalue weighted by molar-refractivity contribution is 7.89. The van der Waals surface area contributed by atoms with E-state index in [1.54, 1.807) is 18.2 Å². The Hall–Kier alpha value is -1.77. The van der Waals surface area contributed by atoms with Crippen LogP contribution < -0.4 is 9.46 Å². The molecule has 0 amide bonds. The Kier molecular flexibility index (Phi) is 5.42. The van der Waals surface area contributed by atoms with Gasteiger partial charge in [0, 0.05) is 5.02 Å². The summed E-state index contributed by atoms with van der Waals surface area (Å²) in [5, 5.41) is 0.506. The van der Waals surface area contributed by atoms with Crippen molar-refractivity contribution in [1.82, 2.24) is 4.72 Å². The van der Waals surface area contributed by atoms with Crippen molar-refractivity contribution in [2.45, 2.75) is 42.5 Å². The van der Waals surface area contributed by atoms with Crippen molar-refractivity contribution < 1.29 is 26.3 Å². The summed E-state index contributed by atoms with van der Waals surface area (Å²) in [4.78, 5) is -0.134. The van der Waals surface area contributed by atoms with Crippen LogP contribution in [0.25, 0.3) is 0 Å². The Morgan fingerprint density at radius 3 is 2.22 bits per heavy atom. The molecule has 3 rings (SSSR count). The van der Waals surface area contributed by atoms with Gasteiger partial charge in [0.25, 0.3) is 0 Å². The molecule has 1 saturated carbocycles. The van der Waals surface area contributed by atoms with Gasteiger partial charge < -0.3 is 4.74 Å². The van der Waals surface area contributed by atoms with Gasteiger partial charge >= 0.3 is 6.36 Å². The van der Waals surface area contributed by atoms with E-state index in [0.29, 0.717) is 17.9 Å². The number of hydrogen-bond acceptors (Lipinski definition) is 3. The molecule has 1 aliphatic rings. The molecule has 1 fully saturated rings. The minimum Gasteiger partial charge on any atom is -0.406 e. The number of benzene rings is 2. The van der Waals surface area contributed by atoms with E-state index in [4.69, 9.17) is 11.6 Å². The zero-order valence-electron chi connectivity index (χ0n) is 14.1. The predicted molar refractivity (Wildman–Crippen MR) is 95.0 cm³/mol. The summed E-state index contributed by atoms with van der Waals surface area (Å²) in [5.74, 6) is -0.480. The summed E-state index contributed by atoms with van der Waals surface area (Å²) in [6, 6.07) is 11.1. The summed E-state index contributed by atoms with van der Waals surface area (Å²) in [5.41, 5.74) is -0.0154. The highest BCUT2D eigenvalue weighted by atomic mass is 35.5. The Bertz CT molecular complexity index is 908. The first kappa shape index (κ1) is 20.0. The van der Waals surface area contributed by atoms with Crippen LogP contribution in [-0.2, 0) is 15.6 Å². The topological polar surface area (TPSA) is 55.4 Å². The molecule has 2 aromatic carbocycles. The maximum atomic E-state index is 12.8. The van der Waals surface area contributed by atoms with E-state index in [1.807, 2.05) is 6.07 Å². The van der Waals surface area contributed by atoms with Gasteiger partial charge in [-0.15, -0.1) is 13.2 Å². The summed E-state index contributed by atoms with van der Waals surface area (Å²) >= 11 is 6.06. The smallest absolute Gasteiger partial charge is 0.406 e. The number of nitrogens with one attached hydrogen (secondary N) is 1. The van der Waals surface area contributed by atoms with Crippen LogP contribution in [-0.4, -0.2) is 14.8 Å². The van der Waals surface area contributed by atoms with Gasteiger partial charge in [-0.3, -0.25) is 0 Å². The quantitative estimate of drug-likeness (QED) is 0.743. The van der Waals surface area contributed by atoms with Gasteiger partial charge in [-0.25, -0.2) is 13.1 Å². The lowest BCUT2D eigenvalue weighted by Gasteiger charge is -2.31. The second-order valence-electron chi connectivity index (χ2n) is 6.42. The van der Waals surface area contributed by atoms with E-state index in [-0.39, 0.29) is 4.90 Å². The van der Waals surface area contributed by atoms with Crippen LogP contribution in [0.15, 0.2) is 53.4 Å². The number of rotatable bonds is 5. The van der Waals surface area contributed by atoms with Gasteiger partial charge in [-0.2, -0.15) is 0 Å². The fourth-order valence-corrected chi connectivity index (χ4v) is 4.99. The molecule has 0 atom stereocenters. The van der Waals surface area contributed by atoms with Crippen molar-refractivity contribution in [3.05, 3.63) is 59.1 Å². The number of hydrogen-bond donors (Lipinski definition) is 1. The van der Waals surface area contributed by atoms with Crippen LogP contribution >= 0.6 is 11.6 Å². The monoisotopic (exact) mass is 419 g/mol. The van der Waals surface area contributed by atoms with Crippen LogP contribution in [0.1, 0.15) is 31.2 Å². The second kappa shape index (κ2) is 7.33. The minimum absolute atomic E-state index is 0.134. The predicted octanol–water partition coefficient (Wildman–Crippen LogP) is 4.99. The van der Waals surface area contributed by atoms with Gasteiger partial charge in [0.05, 0.1) is 10.4 Å². The molecule has 0 bridgehead atoms. The zero-order chi connectivity index (χ0) is 19.7. The standard InChI is InChI=1S/C18H17ClF3NO3S/c19-14-5-3-4-13(12-14)17(10-1-2-11-17)23-27(24,25)16-8-6-15(7-9-16)26-18(20,21)22/h3-9,12,23H,1-2,10-11H2. The number of ether oxygens (including phenoxy) is 1. The molecule has 27 heavy (non-hydrogen) atoms. The van der Waals surface area contributed by atoms with Crippen molar-refractivity contribution in [1.29, 1.82) is 0 Å². The van der Waals surface area contributed by atoms with Crippen LogP contribution in [0.3, 0.4) is 0 Å². The molecule has 1 aliphatic carbocycles. The van der Waals surface area contributed by atoms with Gasteiger partial charge in [0.15, 0.2) is 0 Å². The molecule has 146 valence electrons. The molecule has 0 radical (unpaired) electrons. The summed E-state index contributed by atoms with van der Waals surface area (Å²) in [6.45, 7) is 0. The van der Waals surface area contributed by atoms with Gasteiger partial charge in [-0.1, -0.05) is 36.6 Å². The largest absolute Gasteiger partial charge is 0.573 e. The van der Waals surface area contributed by atoms with Crippen molar-refractivity contribution in [3.8, 4) is 5.75 Å². The molecule has 0 heterocycles. The van der Waals surface area contributed by atoms with Crippen LogP contribution in [0.2, 0.25) is 5.02 Å². The third-order valence-electron chi connectivity index (χ3n) is 4.53. The molecule has 1 N–H and O–H groups in total. The first-order chi connectivity index (χ1) is 12.6. The fourth-order valence-electron chi connectivity index (χ4n) is 3.35. The fraction of sp³-hybridized carbons (Fsp3) is 0.333. The normalized spacial score (nSPS) is 17.0. The van der Waals surface area contributed by atoms with E-state index in [1.165, 1.54) is 0 Å². The van der Waals surface area contributed by atoms with Crippen LogP contribution in [0.5, 0.6) is 5.75 Å². The van der Waals surface area contributed by atoms with Crippen molar-refractivity contribution in [2.24, 2.45) is 0 Å². The average molecular weight is 420 g/mol. The maximum Gasteiger partial charge on any atom is 0.573 e. The molecule has 2 aromatic rings.